The van der Waals surface area contributed by atoms with Crippen LogP contribution >= 0.6 is 0 Å². The molecule has 0 aliphatic carbocycles. The zero-order valence-corrected chi connectivity index (χ0v) is 8.18. The minimum Gasteiger partial charge on any atom is -0.389 e. The summed E-state index contributed by atoms with van der Waals surface area (Å²) in [5.74, 6) is -0.829. The minimum absolute atomic E-state index is 0.0854. The van der Waals surface area contributed by atoms with Crippen LogP contribution < -0.4 is 0 Å². The number of pyridine rings is 1. The van der Waals surface area contributed by atoms with E-state index in [0.29, 0.717) is 5.56 Å². The van der Waals surface area contributed by atoms with Gasteiger partial charge in [-0.2, -0.15) is 9.65 Å². The summed E-state index contributed by atoms with van der Waals surface area (Å²) in [5, 5.41) is 27.2. The van der Waals surface area contributed by atoms with Crippen molar-refractivity contribution in [2.24, 2.45) is 0 Å². The van der Waals surface area contributed by atoms with Crippen LogP contribution in [-0.2, 0) is 0 Å². The van der Waals surface area contributed by atoms with Gasteiger partial charge in [0.2, 0.25) is 5.95 Å². The fraction of sp³-hybridized carbons (Fsp3) is 0.400. The molecule has 0 aliphatic rings. The van der Waals surface area contributed by atoms with Crippen molar-refractivity contribution in [1.29, 1.82) is 5.26 Å². The molecule has 5 heteroatoms. The minimum atomic E-state index is -1.42. The molecule has 0 radical (unpaired) electrons. The van der Waals surface area contributed by atoms with Gasteiger partial charge >= 0.3 is 0 Å². The Morgan fingerprint density at radius 3 is 2.87 bits per heavy atom. The number of hydrogen-bond donors (Lipinski definition) is 2. The summed E-state index contributed by atoms with van der Waals surface area (Å²) in [6.07, 6.45) is -1.65. The van der Waals surface area contributed by atoms with Crippen LogP contribution in [0, 0.1) is 24.2 Å². The summed E-state index contributed by atoms with van der Waals surface area (Å²) < 4.78 is 13.2. The molecular weight excluding hydrogens is 199 g/mol. The Bertz CT molecular complexity index is 389. The van der Waals surface area contributed by atoms with Crippen LogP contribution in [0.25, 0.3) is 0 Å². The highest BCUT2D eigenvalue weighted by Gasteiger charge is 2.22. The Hall–Kier alpha value is -1.51. The van der Waals surface area contributed by atoms with E-state index in [1.54, 1.807) is 13.0 Å². The summed E-state index contributed by atoms with van der Waals surface area (Å²) >= 11 is 0. The molecule has 1 heterocycles. The third-order valence-corrected chi connectivity index (χ3v) is 1.99. The van der Waals surface area contributed by atoms with Gasteiger partial charge in [-0.25, -0.2) is 4.98 Å². The van der Waals surface area contributed by atoms with Crippen LogP contribution in [-0.4, -0.2) is 21.3 Å². The van der Waals surface area contributed by atoms with Crippen LogP contribution in [0.15, 0.2) is 12.3 Å². The molecule has 0 amide bonds. The molecule has 2 atom stereocenters. The average molecular weight is 210 g/mol. The number of aryl methyl sites for hydroxylation is 1. The van der Waals surface area contributed by atoms with Gasteiger partial charge < -0.3 is 10.2 Å². The molecule has 0 aromatic carbocycles. The lowest BCUT2D eigenvalue weighted by atomic mass is 10.0. The van der Waals surface area contributed by atoms with Crippen molar-refractivity contribution in [3.8, 4) is 6.07 Å². The molecule has 4 nitrogen and oxygen atoms in total. The largest absolute Gasteiger partial charge is 0.389 e. The summed E-state index contributed by atoms with van der Waals surface area (Å²) in [7, 11) is 0. The van der Waals surface area contributed by atoms with Gasteiger partial charge in [0.15, 0.2) is 0 Å². The number of aliphatic hydroxyl groups is 2. The standard InChI is InChI=1S/C10H11FN2O2/c1-6-4-7(10(11)13-5-6)9(15)8(14)2-3-12/h4-5,8-9,14-15H,2H2,1H3. The van der Waals surface area contributed by atoms with E-state index in [-0.39, 0.29) is 12.0 Å². The summed E-state index contributed by atoms with van der Waals surface area (Å²) in [5.41, 5.74) is 0.590. The van der Waals surface area contributed by atoms with Gasteiger partial charge in [-0.1, -0.05) is 0 Å². The number of hydrogen-bond acceptors (Lipinski definition) is 4. The highest BCUT2D eigenvalue weighted by molar-refractivity contribution is 5.21. The van der Waals surface area contributed by atoms with Crippen LogP contribution in [0.1, 0.15) is 23.7 Å². The SMILES string of the molecule is Cc1cnc(F)c(C(O)C(O)CC#N)c1. The van der Waals surface area contributed by atoms with Crippen molar-refractivity contribution >= 4 is 0 Å². The number of nitriles is 1. The topological polar surface area (TPSA) is 77.1 Å². The Balaban J connectivity index is 2.95. The van der Waals surface area contributed by atoms with E-state index in [1.165, 1.54) is 12.3 Å². The van der Waals surface area contributed by atoms with E-state index in [0.717, 1.165) is 0 Å². The molecule has 1 aromatic heterocycles. The maximum atomic E-state index is 13.2. The number of aliphatic hydroxyl groups excluding tert-OH is 2. The van der Waals surface area contributed by atoms with Gasteiger partial charge in [0.25, 0.3) is 0 Å². The summed E-state index contributed by atoms with van der Waals surface area (Å²) in [4.78, 5) is 3.42. The van der Waals surface area contributed by atoms with E-state index < -0.39 is 18.2 Å². The first kappa shape index (κ1) is 11.6. The van der Waals surface area contributed by atoms with Gasteiger partial charge in [-0.3, -0.25) is 0 Å². The smallest absolute Gasteiger partial charge is 0.218 e. The lowest BCUT2D eigenvalue weighted by Crippen LogP contribution is -2.19. The van der Waals surface area contributed by atoms with Gasteiger partial charge in [-0.05, 0) is 18.6 Å². The molecule has 0 saturated heterocycles. The molecule has 0 aliphatic heterocycles. The first-order valence-electron chi connectivity index (χ1n) is 4.41. The number of halogens is 1. The zero-order chi connectivity index (χ0) is 11.4. The second kappa shape index (κ2) is 4.82. The fourth-order valence-electron chi connectivity index (χ4n) is 1.19. The second-order valence-electron chi connectivity index (χ2n) is 3.27. The molecule has 80 valence electrons. The van der Waals surface area contributed by atoms with Gasteiger partial charge in [0.1, 0.15) is 6.10 Å². The molecular formula is C10H11FN2O2. The van der Waals surface area contributed by atoms with Gasteiger partial charge in [0.05, 0.1) is 18.6 Å². The molecule has 2 unspecified atom stereocenters. The number of nitrogens with zero attached hydrogens (tertiary/aromatic N) is 2. The van der Waals surface area contributed by atoms with Crippen LogP contribution in [0.5, 0.6) is 0 Å². The van der Waals surface area contributed by atoms with Crippen molar-refractivity contribution in [2.45, 2.75) is 25.6 Å². The first-order valence-corrected chi connectivity index (χ1v) is 4.41. The van der Waals surface area contributed by atoms with E-state index >= 15 is 0 Å². The van der Waals surface area contributed by atoms with Crippen molar-refractivity contribution in [1.82, 2.24) is 4.98 Å². The molecule has 1 aromatic rings. The van der Waals surface area contributed by atoms with Gasteiger partial charge in [-0.15, -0.1) is 0 Å². The maximum Gasteiger partial charge on any atom is 0.218 e. The van der Waals surface area contributed by atoms with Crippen molar-refractivity contribution < 1.29 is 14.6 Å². The predicted octanol–water partition coefficient (Wildman–Crippen LogP) is 0.837. The Kier molecular flexibility index (Phi) is 3.72. The van der Waals surface area contributed by atoms with Crippen molar-refractivity contribution in [3.63, 3.8) is 0 Å². The highest BCUT2D eigenvalue weighted by Crippen LogP contribution is 2.21. The molecule has 0 saturated carbocycles. The average Bonchev–Trinajstić information content (AvgIpc) is 2.21. The molecule has 15 heavy (non-hydrogen) atoms. The van der Waals surface area contributed by atoms with Crippen LogP contribution in [0.4, 0.5) is 4.39 Å². The van der Waals surface area contributed by atoms with E-state index in [1.807, 2.05) is 0 Å². The Morgan fingerprint density at radius 2 is 2.27 bits per heavy atom. The van der Waals surface area contributed by atoms with E-state index in [2.05, 4.69) is 4.98 Å². The molecule has 2 N–H and O–H groups in total. The number of rotatable bonds is 3. The van der Waals surface area contributed by atoms with Crippen LogP contribution in [0.2, 0.25) is 0 Å². The van der Waals surface area contributed by atoms with Crippen molar-refractivity contribution in [3.05, 3.63) is 29.3 Å². The number of aromatic nitrogens is 1. The van der Waals surface area contributed by atoms with E-state index in [4.69, 9.17) is 5.26 Å². The predicted molar refractivity (Wildman–Crippen MR) is 50.1 cm³/mol. The lowest BCUT2D eigenvalue weighted by Gasteiger charge is -2.15. The van der Waals surface area contributed by atoms with Gasteiger partial charge in [0, 0.05) is 11.8 Å². The molecule has 0 fully saturated rings. The Labute approximate surface area is 86.6 Å². The van der Waals surface area contributed by atoms with Crippen molar-refractivity contribution in [2.75, 3.05) is 0 Å². The highest BCUT2D eigenvalue weighted by atomic mass is 19.1. The maximum absolute atomic E-state index is 13.2. The lowest BCUT2D eigenvalue weighted by molar-refractivity contribution is 0.0190. The summed E-state index contributed by atoms with van der Waals surface area (Å²) in [6.45, 7) is 1.69. The quantitative estimate of drug-likeness (QED) is 0.724. The molecule has 1 rings (SSSR count). The zero-order valence-electron chi connectivity index (χ0n) is 8.18. The second-order valence-corrected chi connectivity index (χ2v) is 3.27. The normalized spacial score (nSPS) is 14.3. The fourth-order valence-corrected chi connectivity index (χ4v) is 1.19. The molecule has 0 bridgehead atoms. The third-order valence-electron chi connectivity index (χ3n) is 1.99. The monoisotopic (exact) mass is 210 g/mol. The first-order chi connectivity index (χ1) is 7.06. The van der Waals surface area contributed by atoms with E-state index in [9.17, 15) is 14.6 Å². The van der Waals surface area contributed by atoms with Crippen LogP contribution in [0.3, 0.4) is 0 Å². The summed E-state index contributed by atoms with van der Waals surface area (Å²) in [6, 6.07) is 3.10. The third kappa shape index (κ3) is 2.72. The molecule has 0 spiro atoms. The Morgan fingerprint density at radius 1 is 1.60 bits per heavy atom.